The molecule has 5 nitrogen and oxygen atoms in total. The highest BCUT2D eigenvalue weighted by molar-refractivity contribution is 7.99. The van der Waals surface area contributed by atoms with Crippen molar-refractivity contribution in [3.8, 4) is 0 Å². The number of hydrogen-bond donors (Lipinski definition) is 1. The zero-order chi connectivity index (χ0) is 18.1. The van der Waals surface area contributed by atoms with Crippen molar-refractivity contribution in [2.24, 2.45) is 5.92 Å². The number of amides is 1. The third-order valence-electron chi connectivity index (χ3n) is 4.97. The van der Waals surface area contributed by atoms with Crippen LogP contribution in [0, 0.1) is 5.92 Å². The smallest absolute Gasteiger partial charge is 0.308 e. The number of hydrogen-bond acceptors (Lipinski definition) is 4. The lowest BCUT2D eigenvalue weighted by Crippen LogP contribution is -2.33. The molecule has 0 spiro atoms. The summed E-state index contributed by atoms with van der Waals surface area (Å²) in [5.41, 5.74) is 2.24. The highest BCUT2D eigenvalue weighted by Crippen LogP contribution is 2.47. The Labute approximate surface area is 156 Å². The number of carbonyl (C=O) groups is 2. The normalized spacial score (nSPS) is 18.4. The lowest BCUT2D eigenvalue weighted by atomic mass is 10.1. The van der Waals surface area contributed by atoms with E-state index in [1.54, 1.807) is 16.7 Å². The lowest BCUT2D eigenvalue weighted by molar-refractivity contribution is -0.141. The molecule has 0 aromatic heterocycles. The molecule has 1 unspecified atom stereocenters. The van der Waals surface area contributed by atoms with Crippen LogP contribution in [0.25, 0.3) is 0 Å². The van der Waals surface area contributed by atoms with Gasteiger partial charge in [0.25, 0.3) is 0 Å². The van der Waals surface area contributed by atoms with Crippen LogP contribution in [0.1, 0.15) is 12.8 Å². The number of likely N-dealkylation sites (tertiary alicyclic amines) is 1. The first-order valence-electron chi connectivity index (χ1n) is 8.77. The van der Waals surface area contributed by atoms with Gasteiger partial charge in [-0.05, 0) is 30.7 Å². The fourth-order valence-electron chi connectivity index (χ4n) is 3.58. The molecule has 0 bridgehead atoms. The Hall–Kier alpha value is -2.47. The predicted octanol–water partition coefficient (Wildman–Crippen LogP) is 3.61. The molecule has 2 heterocycles. The highest BCUT2D eigenvalue weighted by atomic mass is 32.2. The van der Waals surface area contributed by atoms with E-state index >= 15 is 0 Å². The minimum Gasteiger partial charge on any atom is -0.481 e. The van der Waals surface area contributed by atoms with Gasteiger partial charge in [-0.1, -0.05) is 36.0 Å². The minimum absolute atomic E-state index is 0.0296. The van der Waals surface area contributed by atoms with Crippen molar-refractivity contribution in [2.75, 3.05) is 24.5 Å². The van der Waals surface area contributed by atoms with E-state index in [-0.39, 0.29) is 5.91 Å². The number of benzene rings is 2. The third-order valence-corrected chi connectivity index (χ3v) is 6.10. The number of carbonyl (C=O) groups excluding carboxylic acids is 1. The van der Waals surface area contributed by atoms with Crippen LogP contribution in [-0.2, 0) is 9.59 Å². The Balaban J connectivity index is 1.50. The van der Waals surface area contributed by atoms with Gasteiger partial charge in [-0.25, -0.2) is 0 Å². The number of carboxylic acids is 1. The Bertz CT molecular complexity index is 809. The predicted molar refractivity (Wildman–Crippen MR) is 101 cm³/mol. The van der Waals surface area contributed by atoms with Crippen molar-refractivity contribution in [1.29, 1.82) is 0 Å². The Morgan fingerprint density at radius 2 is 1.65 bits per heavy atom. The van der Waals surface area contributed by atoms with Crippen LogP contribution in [0.2, 0.25) is 0 Å². The summed E-state index contributed by atoms with van der Waals surface area (Å²) in [6.45, 7) is 1.46. The van der Waals surface area contributed by atoms with Gasteiger partial charge in [-0.3, -0.25) is 9.59 Å². The molecule has 2 aliphatic rings. The number of nitrogens with zero attached hydrogens (tertiary/aromatic N) is 2. The molecule has 0 aliphatic carbocycles. The summed E-state index contributed by atoms with van der Waals surface area (Å²) < 4.78 is 0. The number of rotatable bonds is 4. The maximum absolute atomic E-state index is 12.6. The summed E-state index contributed by atoms with van der Waals surface area (Å²) in [5, 5.41) is 9.12. The standard InChI is InChI=1S/C20H20N2O3S/c23-19(21-11-9-14(13-21)20(24)25)10-12-22-15-5-1-3-7-17(15)26-18-8-4-2-6-16(18)22/h1-8,14H,9-13H2,(H,24,25). The monoisotopic (exact) mass is 368 g/mol. The number of fused-ring (bicyclic) bond motifs is 2. The van der Waals surface area contributed by atoms with Crippen molar-refractivity contribution >= 4 is 35.0 Å². The van der Waals surface area contributed by atoms with Crippen molar-refractivity contribution in [3.63, 3.8) is 0 Å². The Morgan fingerprint density at radius 3 is 2.23 bits per heavy atom. The van der Waals surface area contributed by atoms with Crippen molar-refractivity contribution in [3.05, 3.63) is 48.5 Å². The van der Waals surface area contributed by atoms with Gasteiger partial charge in [0.2, 0.25) is 5.91 Å². The largest absolute Gasteiger partial charge is 0.481 e. The summed E-state index contributed by atoms with van der Waals surface area (Å²) in [6, 6.07) is 16.4. The van der Waals surface area contributed by atoms with E-state index in [1.807, 2.05) is 24.3 Å². The van der Waals surface area contributed by atoms with Gasteiger partial charge in [0.1, 0.15) is 0 Å². The second-order valence-electron chi connectivity index (χ2n) is 6.60. The molecule has 4 rings (SSSR count). The van der Waals surface area contributed by atoms with Crippen LogP contribution in [0.3, 0.4) is 0 Å². The number of anilines is 2. The molecule has 0 saturated carbocycles. The Kier molecular flexibility index (Phi) is 4.59. The molecular weight excluding hydrogens is 348 g/mol. The molecule has 1 saturated heterocycles. The summed E-state index contributed by atoms with van der Waals surface area (Å²) in [5.74, 6) is -1.20. The van der Waals surface area contributed by atoms with Crippen molar-refractivity contribution < 1.29 is 14.7 Å². The first kappa shape index (κ1) is 17.0. The average Bonchev–Trinajstić information content (AvgIpc) is 3.15. The molecule has 1 N–H and O–H groups in total. The van der Waals surface area contributed by atoms with Gasteiger partial charge in [-0.2, -0.15) is 0 Å². The topological polar surface area (TPSA) is 60.9 Å². The van der Waals surface area contributed by atoms with E-state index < -0.39 is 11.9 Å². The van der Waals surface area contributed by atoms with Crippen molar-refractivity contribution in [2.45, 2.75) is 22.6 Å². The molecular formula is C20H20N2O3S. The van der Waals surface area contributed by atoms with E-state index in [9.17, 15) is 9.59 Å². The van der Waals surface area contributed by atoms with Crippen LogP contribution in [0.15, 0.2) is 58.3 Å². The molecule has 1 amide bonds. The quantitative estimate of drug-likeness (QED) is 0.893. The maximum Gasteiger partial charge on any atom is 0.308 e. The van der Waals surface area contributed by atoms with Crippen LogP contribution < -0.4 is 4.90 Å². The van der Waals surface area contributed by atoms with Gasteiger partial charge in [0.15, 0.2) is 0 Å². The maximum atomic E-state index is 12.6. The third kappa shape index (κ3) is 3.17. The van der Waals surface area contributed by atoms with Crippen molar-refractivity contribution in [1.82, 2.24) is 4.90 Å². The van der Waals surface area contributed by atoms with Gasteiger partial charge in [-0.15, -0.1) is 0 Å². The van der Waals surface area contributed by atoms with E-state index in [0.717, 1.165) is 11.4 Å². The molecule has 2 aromatic carbocycles. The molecule has 1 fully saturated rings. The highest BCUT2D eigenvalue weighted by Gasteiger charge is 2.31. The number of aliphatic carboxylic acids is 1. The molecule has 134 valence electrons. The second kappa shape index (κ2) is 7.03. The van der Waals surface area contributed by atoms with Crippen LogP contribution in [-0.4, -0.2) is 41.5 Å². The number of para-hydroxylation sites is 2. The SMILES string of the molecule is O=C(O)C1CCN(C(=O)CCN2c3ccccc3Sc3ccccc32)C1. The zero-order valence-corrected chi connectivity index (χ0v) is 15.1. The Morgan fingerprint density at radius 1 is 1.04 bits per heavy atom. The fourth-order valence-corrected chi connectivity index (χ4v) is 4.67. The zero-order valence-electron chi connectivity index (χ0n) is 14.3. The average molecular weight is 368 g/mol. The summed E-state index contributed by atoms with van der Waals surface area (Å²) >= 11 is 1.75. The molecule has 2 aromatic rings. The fraction of sp³-hybridized carbons (Fsp3) is 0.300. The van der Waals surface area contributed by atoms with Crippen LogP contribution in [0.5, 0.6) is 0 Å². The van der Waals surface area contributed by atoms with E-state index in [0.29, 0.717) is 32.5 Å². The van der Waals surface area contributed by atoms with Crippen LogP contribution in [0.4, 0.5) is 11.4 Å². The summed E-state index contributed by atoms with van der Waals surface area (Å²) in [7, 11) is 0. The first-order chi connectivity index (χ1) is 12.6. The first-order valence-corrected chi connectivity index (χ1v) is 9.59. The van der Waals surface area contributed by atoms with Gasteiger partial charge in [0.05, 0.1) is 17.3 Å². The van der Waals surface area contributed by atoms with E-state index in [1.165, 1.54) is 9.79 Å². The molecule has 2 aliphatic heterocycles. The molecule has 6 heteroatoms. The van der Waals surface area contributed by atoms with Crippen LogP contribution >= 0.6 is 11.8 Å². The van der Waals surface area contributed by atoms with Gasteiger partial charge >= 0.3 is 5.97 Å². The van der Waals surface area contributed by atoms with Gasteiger partial charge < -0.3 is 14.9 Å². The van der Waals surface area contributed by atoms with Gasteiger partial charge in [0, 0.05) is 35.8 Å². The molecule has 0 radical (unpaired) electrons. The second-order valence-corrected chi connectivity index (χ2v) is 7.69. The minimum atomic E-state index is -0.809. The summed E-state index contributed by atoms with van der Waals surface area (Å²) in [4.78, 5) is 29.9. The summed E-state index contributed by atoms with van der Waals surface area (Å²) in [6.07, 6.45) is 0.923. The number of carboxylic acid groups (broad SMARTS) is 1. The van der Waals surface area contributed by atoms with E-state index in [4.69, 9.17) is 5.11 Å². The van der Waals surface area contributed by atoms with E-state index in [2.05, 4.69) is 29.2 Å². The lowest BCUT2D eigenvalue weighted by Gasteiger charge is -2.33. The molecule has 26 heavy (non-hydrogen) atoms. The molecule has 1 atom stereocenters.